The Labute approximate surface area is 110 Å². The summed E-state index contributed by atoms with van der Waals surface area (Å²) in [5, 5.41) is 12.9. The molecular weight excluding hydrogens is 252 g/mol. The van der Waals surface area contributed by atoms with Gasteiger partial charge in [-0.2, -0.15) is 16.7 Å². The van der Waals surface area contributed by atoms with Crippen molar-refractivity contribution in [3.8, 4) is 0 Å². The fourth-order valence-electron chi connectivity index (χ4n) is 2.00. The van der Waals surface area contributed by atoms with E-state index in [9.17, 15) is 4.79 Å². The monoisotopic (exact) mass is 270 g/mol. The van der Waals surface area contributed by atoms with Gasteiger partial charge in [-0.15, -0.1) is 0 Å². The van der Waals surface area contributed by atoms with E-state index in [1.165, 1.54) is 18.6 Å². The number of rotatable bonds is 6. The summed E-state index contributed by atoms with van der Waals surface area (Å²) in [4.78, 5) is 14.8. The zero-order chi connectivity index (χ0) is 12.8. The molecule has 5 nitrogen and oxygen atoms in total. The van der Waals surface area contributed by atoms with Gasteiger partial charge >= 0.3 is 5.97 Å². The van der Waals surface area contributed by atoms with Crippen LogP contribution in [0.5, 0.6) is 0 Å². The van der Waals surface area contributed by atoms with Crippen LogP contribution in [0.1, 0.15) is 55.5 Å². The largest absolute Gasteiger partial charge is 0.481 e. The minimum Gasteiger partial charge on any atom is -0.481 e. The lowest BCUT2D eigenvalue weighted by atomic mass is 10.2. The highest BCUT2D eigenvalue weighted by atomic mass is 32.2. The highest BCUT2D eigenvalue weighted by Crippen LogP contribution is 2.36. The third-order valence-corrected chi connectivity index (χ3v) is 4.36. The van der Waals surface area contributed by atoms with Gasteiger partial charge in [0, 0.05) is 12.8 Å². The predicted octanol–water partition coefficient (Wildman–Crippen LogP) is 2.83. The van der Waals surface area contributed by atoms with Crippen LogP contribution >= 0.6 is 11.8 Å². The molecule has 1 fully saturated rings. The molecule has 1 N–H and O–H groups in total. The number of aryl methyl sites for hydroxylation is 1. The van der Waals surface area contributed by atoms with Crippen LogP contribution in [0.15, 0.2) is 4.52 Å². The molecular formula is C12H18N2O3S. The molecule has 0 bridgehead atoms. The van der Waals surface area contributed by atoms with Crippen LogP contribution < -0.4 is 0 Å². The number of hydrogen-bond acceptors (Lipinski definition) is 5. The molecule has 1 atom stereocenters. The van der Waals surface area contributed by atoms with Crippen molar-refractivity contribution in [2.24, 2.45) is 0 Å². The van der Waals surface area contributed by atoms with Crippen molar-refractivity contribution in [1.82, 2.24) is 10.1 Å². The van der Waals surface area contributed by atoms with Gasteiger partial charge in [-0.1, -0.05) is 11.6 Å². The first-order chi connectivity index (χ1) is 8.75. The Kier molecular flexibility index (Phi) is 5.04. The summed E-state index contributed by atoms with van der Waals surface area (Å²) in [6, 6.07) is 0. The molecule has 1 aromatic rings. The number of carboxylic acids is 1. The number of aromatic nitrogens is 2. The summed E-state index contributed by atoms with van der Waals surface area (Å²) >= 11 is 1.90. The SMILES string of the molecule is O=C(O)CCCCc1nc(C2CCCCS2)no1. The number of hydrogen-bond donors (Lipinski definition) is 1. The quantitative estimate of drug-likeness (QED) is 0.801. The maximum Gasteiger partial charge on any atom is 0.303 e. The zero-order valence-electron chi connectivity index (χ0n) is 10.3. The molecule has 6 heteroatoms. The van der Waals surface area contributed by atoms with Crippen molar-refractivity contribution in [2.45, 2.75) is 50.2 Å². The molecule has 100 valence electrons. The van der Waals surface area contributed by atoms with Gasteiger partial charge in [0.05, 0.1) is 5.25 Å². The third kappa shape index (κ3) is 4.01. The van der Waals surface area contributed by atoms with E-state index in [4.69, 9.17) is 9.63 Å². The number of nitrogens with zero attached hydrogens (tertiary/aromatic N) is 2. The maximum absolute atomic E-state index is 10.4. The topological polar surface area (TPSA) is 76.2 Å². The van der Waals surface area contributed by atoms with E-state index in [2.05, 4.69) is 10.1 Å². The normalized spacial score (nSPS) is 19.9. The van der Waals surface area contributed by atoms with Crippen LogP contribution in [0, 0.1) is 0 Å². The summed E-state index contributed by atoms with van der Waals surface area (Å²) < 4.78 is 5.20. The second kappa shape index (κ2) is 6.78. The van der Waals surface area contributed by atoms with Crippen LogP contribution in [0.25, 0.3) is 0 Å². The first kappa shape index (κ1) is 13.4. The first-order valence-corrected chi connectivity index (χ1v) is 7.46. The number of carbonyl (C=O) groups is 1. The van der Waals surface area contributed by atoms with Crippen molar-refractivity contribution < 1.29 is 14.4 Å². The van der Waals surface area contributed by atoms with Crippen LogP contribution in [-0.4, -0.2) is 27.0 Å². The highest BCUT2D eigenvalue weighted by Gasteiger charge is 2.21. The summed E-state index contributed by atoms with van der Waals surface area (Å²) in [5.41, 5.74) is 0. The van der Waals surface area contributed by atoms with Gasteiger partial charge in [0.25, 0.3) is 0 Å². The molecule has 1 aliphatic rings. The molecule has 18 heavy (non-hydrogen) atoms. The molecule has 2 rings (SSSR count). The summed E-state index contributed by atoms with van der Waals surface area (Å²) in [7, 11) is 0. The van der Waals surface area contributed by atoms with Gasteiger partial charge < -0.3 is 9.63 Å². The minimum atomic E-state index is -0.750. The molecule has 1 unspecified atom stereocenters. The van der Waals surface area contributed by atoms with Gasteiger partial charge in [-0.05, 0) is 31.4 Å². The van der Waals surface area contributed by atoms with Crippen LogP contribution in [0.3, 0.4) is 0 Å². The van der Waals surface area contributed by atoms with E-state index in [0.29, 0.717) is 24.0 Å². The van der Waals surface area contributed by atoms with Gasteiger partial charge in [0.2, 0.25) is 5.89 Å². The average Bonchev–Trinajstić information content (AvgIpc) is 2.84. The number of unbranched alkanes of at least 4 members (excludes halogenated alkanes) is 1. The Morgan fingerprint density at radius 3 is 3.06 bits per heavy atom. The molecule has 2 heterocycles. The van der Waals surface area contributed by atoms with Gasteiger partial charge in [0.1, 0.15) is 0 Å². The number of carboxylic acid groups (broad SMARTS) is 1. The Balaban J connectivity index is 1.76. The fraction of sp³-hybridized carbons (Fsp3) is 0.750. The molecule has 0 radical (unpaired) electrons. The van der Waals surface area contributed by atoms with Crippen molar-refractivity contribution in [3.63, 3.8) is 0 Å². The smallest absolute Gasteiger partial charge is 0.303 e. The van der Waals surface area contributed by atoms with E-state index in [0.717, 1.165) is 18.7 Å². The molecule has 1 aromatic heterocycles. The maximum atomic E-state index is 10.4. The Morgan fingerprint density at radius 1 is 1.44 bits per heavy atom. The van der Waals surface area contributed by atoms with E-state index in [1.807, 2.05) is 11.8 Å². The molecule has 0 amide bonds. The number of aliphatic carboxylic acids is 1. The Hall–Kier alpha value is -1.04. The molecule has 0 aromatic carbocycles. The summed E-state index contributed by atoms with van der Waals surface area (Å²) in [6.07, 6.45) is 5.97. The van der Waals surface area contributed by atoms with Gasteiger partial charge in [0.15, 0.2) is 5.82 Å². The Morgan fingerprint density at radius 2 is 2.33 bits per heavy atom. The highest BCUT2D eigenvalue weighted by molar-refractivity contribution is 7.99. The first-order valence-electron chi connectivity index (χ1n) is 6.41. The standard InChI is InChI=1S/C12H18N2O3S/c15-11(16)7-2-1-6-10-13-12(14-17-10)9-5-3-4-8-18-9/h9H,1-8H2,(H,15,16). The van der Waals surface area contributed by atoms with Crippen LogP contribution in [0.2, 0.25) is 0 Å². The molecule has 0 saturated carbocycles. The number of thioether (sulfide) groups is 1. The zero-order valence-corrected chi connectivity index (χ0v) is 11.1. The summed E-state index contributed by atoms with van der Waals surface area (Å²) in [6.45, 7) is 0. The van der Waals surface area contributed by atoms with Gasteiger partial charge in [-0.25, -0.2) is 0 Å². The Bertz CT molecular complexity index is 388. The lowest BCUT2D eigenvalue weighted by molar-refractivity contribution is -0.137. The van der Waals surface area contributed by atoms with Crippen molar-refractivity contribution in [1.29, 1.82) is 0 Å². The van der Waals surface area contributed by atoms with Crippen LogP contribution in [-0.2, 0) is 11.2 Å². The minimum absolute atomic E-state index is 0.208. The van der Waals surface area contributed by atoms with Crippen molar-refractivity contribution in [2.75, 3.05) is 5.75 Å². The van der Waals surface area contributed by atoms with E-state index in [1.54, 1.807) is 0 Å². The van der Waals surface area contributed by atoms with Gasteiger partial charge in [-0.3, -0.25) is 4.79 Å². The van der Waals surface area contributed by atoms with Crippen molar-refractivity contribution in [3.05, 3.63) is 11.7 Å². The second-order valence-corrected chi connectivity index (χ2v) is 5.81. The predicted molar refractivity (Wildman–Crippen MR) is 68.5 cm³/mol. The van der Waals surface area contributed by atoms with Crippen molar-refractivity contribution >= 4 is 17.7 Å². The second-order valence-electron chi connectivity index (χ2n) is 4.50. The van der Waals surface area contributed by atoms with E-state index >= 15 is 0 Å². The van der Waals surface area contributed by atoms with E-state index < -0.39 is 5.97 Å². The molecule has 0 aliphatic carbocycles. The molecule has 1 aliphatic heterocycles. The summed E-state index contributed by atoms with van der Waals surface area (Å²) in [5.74, 6) is 1.88. The lowest BCUT2D eigenvalue weighted by Crippen LogP contribution is -2.03. The van der Waals surface area contributed by atoms with E-state index in [-0.39, 0.29) is 6.42 Å². The fourth-order valence-corrected chi connectivity index (χ4v) is 3.23. The molecule has 1 saturated heterocycles. The molecule has 0 spiro atoms. The van der Waals surface area contributed by atoms with Crippen LogP contribution in [0.4, 0.5) is 0 Å². The lowest BCUT2D eigenvalue weighted by Gasteiger charge is -2.17. The average molecular weight is 270 g/mol. The third-order valence-electron chi connectivity index (χ3n) is 2.98.